The lowest BCUT2D eigenvalue weighted by Gasteiger charge is -2.02. The number of fused-ring (bicyclic) bond motifs is 1. The Hall–Kier alpha value is -2.64. The van der Waals surface area contributed by atoms with E-state index in [0.29, 0.717) is 11.9 Å². The SMILES string of the molecule is C=CCn1c(O)c(N=NC(=O)c2cc(Cl)ccc2O)c2cc(Br)ccc21. The van der Waals surface area contributed by atoms with Gasteiger partial charge in [-0.05, 0) is 36.4 Å². The molecule has 1 heterocycles. The van der Waals surface area contributed by atoms with Crippen molar-refractivity contribution in [1.29, 1.82) is 0 Å². The molecule has 0 aliphatic rings. The molecule has 0 radical (unpaired) electrons. The van der Waals surface area contributed by atoms with E-state index in [2.05, 4.69) is 32.7 Å². The first kappa shape index (κ1) is 18.2. The summed E-state index contributed by atoms with van der Waals surface area (Å²) in [6, 6.07) is 9.47. The van der Waals surface area contributed by atoms with Crippen LogP contribution in [0.2, 0.25) is 5.02 Å². The van der Waals surface area contributed by atoms with Crippen LogP contribution in [0.5, 0.6) is 11.6 Å². The van der Waals surface area contributed by atoms with Crippen molar-refractivity contribution in [3.8, 4) is 11.6 Å². The van der Waals surface area contributed by atoms with Crippen molar-refractivity contribution in [1.82, 2.24) is 4.57 Å². The van der Waals surface area contributed by atoms with Crippen molar-refractivity contribution >= 4 is 50.0 Å². The van der Waals surface area contributed by atoms with Crippen LogP contribution in [-0.4, -0.2) is 20.7 Å². The molecule has 0 saturated carbocycles. The third kappa shape index (κ3) is 3.36. The van der Waals surface area contributed by atoms with Crippen LogP contribution in [0.15, 0.2) is 63.8 Å². The van der Waals surface area contributed by atoms with Gasteiger partial charge in [0.2, 0.25) is 5.88 Å². The summed E-state index contributed by atoms with van der Waals surface area (Å²) in [6.07, 6.45) is 1.64. The number of azo groups is 1. The first-order valence-electron chi connectivity index (χ1n) is 7.48. The van der Waals surface area contributed by atoms with Crippen LogP contribution in [0.25, 0.3) is 10.9 Å². The Balaban J connectivity index is 2.08. The normalized spacial score (nSPS) is 11.3. The first-order valence-corrected chi connectivity index (χ1v) is 8.65. The minimum Gasteiger partial charge on any atom is -0.507 e. The van der Waals surface area contributed by atoms with Gasteiger partial charge in [0, 0.05) is 21.4 Å². The Bertz CT molecular complexity index is 1060. The van der Waals surface area contributed by atoms with Gasteiger partial charge < -0.3 is 14.8 Å². The molecule has 0 fully saturated rings. The summed E-state index contributed by atoms with van der Waals surface area (Å²) in [5.41, 5.74) is 0.798. The molecule has 3 aromatic rings. The van der Waals surface area contributed by atoms with Crippen LogP contribution in [0, 0.1) is 0 Å². The number of hydrogen-bond acceptors (Lipinski definition) is 4. The Morgan fingerprint density at radius 3 is 2.77 bits per heavy atom. The summed E-state index contributed by atoms with van der Waals surface area (Å²) < 4.78 is 2.39. The molecule has 1 aromatic heterocycles. The fourth-order valence-corrected chi connectivity index (χ4v) is 3.07. The van der Waals surface area contributed by atoms with Gasteiger partial charge in [-0.25, -0.2) is 0 Å². The minimum absolute atomic E-state index is 0.0725. The number of allylic oxidation sites excluding steroid dienone is 1. The number of aromatic hydroxyl groups is 2. The van der Waals surface area contributed by atoms with Gasteiger partial charge in [0.05, 0.1) is 11.1 Å². The fourth-order valence-electron chi connectivity index (χ4n) is 2.54. The van der Waals surface area contributed by atoms with Gasteiger partial charge in [-0.15, -0.1) is 16.8 Å². The van der Waals surface area contributed by atoms with Gasteiger partial charge in [-0.1, -0.05) is 33.6 Å². The van der Waals surface area contributed by atoms with Crippen molar-refractivity contribution in [3.63, 3.8) is 0 Å². The van der Waals surface area contributed by atoms with E-state index in [1.165, 1.54) is 18.2 Å². The molecule has 3 rings (SSSR count). The summed E-state index contributed by atoms with van der Waals surface area (Å²) in [4.78, 5) is 12.2. The summed E-state index contributed by atoms with van der Waals surface area (Å²) in [7, 11) is 0. The third-order valence-electron chi connectivity index (χ3n) is 3.71. The second kappa shape index (κ2) is 7.31. The number of phenolic OH excluding ortho intramolecular Hbond substituents is 1. The van der Waals surface area contributed by atoms with Crippen molar-refractivity contribution in [3.05, 3.63) is 64.1 Å². The predicted octanol–water partition coefficient (Wildman–Crippen LogP) is 5.58. The molecule has 0 aliphatic carbocycles. The van der Waals surface area contributed by atoms with Crippen molar-refractivity contribution in [2.75, 3.05) is 0 Å². The highest BCUT2D eigenvalue weighted by atomic mass is 79.9. The Morgan fingerprint density at radius 1 is 1.27 bits per heavy atom. The average molecular weight is 435 g/mol. The molecule has 0 saturated heterocycles. The highest BCUT2D eigenvalue weighted by Gasteiger charge is 2.17. The van der Waals surface area contributed by atoms with E-state index in [4.69, 9.17) is 11.6 Å². The van der Waals surface area contributed by atoms with Gasteiger partial charge in [0.1, 0.15) is 5.75 Å². The van der Waals surface area contributed by atoms with E-state index in [-0.39, 0.29) is 27.9 Å². The van der Waals surface area contributed by atoms with Crippen molar-refractivity contribution in [2.24, 2.45) is 10.2 Å². The monoisotopic (exact) mass is 433 g/mol. The van der Waals surface area contributed by atoms with E-state index < -0.39 is 5.91 Å². The lowest BCUT2D eigenvalue weighted by molar-refractivity contribution is 0.0992. The second-order valence-electron chi connectivity index (χ2n) is 5.40. The number of benzene rings is 2. The van der Waals surface area contributed by atoms with Gasteiger partial charge in [0.15, 0.2) is 5.69 Å². The molecule has 0 aliphatic heterocycles. The lowest BCUT2D eigenvalue weighted by atomic mass is 10.2. The van der Waals surface area contributed by atoms with Crippen LogP contribution < -0.4 is 0 Å². The fraction of sp³-hybridized carbons (Fsp3) is 0.0556. The number of nitrogens with zero attached hydrogens (tertiary/aromatic N) is 3. The molecule has 26 heavy (non-hydrogen) atoms. The molecule has 2 N–H and O–H groups in total. The zero-order valence-electron chi connectivity index (χ0n) is 13.4. The lowest BCUT2D eigenvalue weighted by Crippen LogP contribution is -1.94. The van der Waals surface area contributed by atoms with E-state index in [1.54, 1.807) is 16.7 Å². The number of carbonyl (C=O) groups is 1. The summed E-state index contributed by atoms with van der Waals surface area (Å²) in [6.45, 7) is 4.04. The molecule has 132 valence electrons. The molecule has 2 aromatic carbocycles. The standard InChI is InChI=1S/C18H13BrClN3O3/c1-2-7-23-14-5-3-10(19)8-12(14)16(18(23)26)21-22-17(25)13-9-11(20)4-6-15(13)24/h2-6,8-9,24,26H,1,7H2. The van der Waals surface area contributed by atoms with Crippen LogP contribution in [-0.2, 0) is 6.54 Å². The number of aromatic nitrogens is 1. The largest absolute Gasteiger partial charge is 0.507 e. The van der Waals surface area contributed by atoms with Crippen LogP contribution in [0.4, 0.5) is 5.69 Å². The van der Waals surface area contributed by atoms with Gasteiger partial charge in [-0.3, -0.25) is 4.79 Å². The number of phenols is 1. The van der Waals surface area contributed by atoms with Crippen molar-refractivity contribution in [2.45, 2.75) is 6.54 Å². The molecule has 0 atom stereocenters. The summed E-state index contributed by atoms with van der Waals surface area (Å²) in [5, 5.41) is 28.7. The van der Waals surface area contributed by atoms with Crippen LogP contribution in [0.3, 0.4) is 0 Å². The molecule has 8 heteroatoms. The predicted molar refractivity (Wildman–Crippen MR) is 103 cm³/mol. The van der Waals surface area contributed by atoms with E-state index in [1.807, 2.05) is 12.1 Å². The Labute approximate surface area is 162 Å². The summed E-state index contributed by atoms with van der Waals surface area (Å²) >= 11 is 9.22. The molecule has 0 bridgehead atoms. The van der Waals surface area contributed by atoms with Gasteiger partial charge >= 0.3 is 0 Å². The molecule has 0 spiro atoms. The third-order valence-corrected chi connectivity index (χ3v) is 4.44. The number of carbonyl (C=O) groups excluding carboxylic acids is 1. The zero-order chi connectivity index (χ0) is 18.8. The molecule has 0 unspecified atom stereocenters. The number of rotatable bonds is 4. The zero-order valence-corrected chi connectivity index (χ0v) is 15.7. The number of amides is 1. The quantitative estimate of drug-likeness (QED) is 0.415. The average Bonchev–Trinajstić information content (AvgIpc) is 2.86. The minimum atomic E-state index is -0.774. The molecule has 1 amide bonds. The first-order chi connectivity index (χ1) is 12.4. The maximum atomic E-state index is 12.2. The van der Waals surface area contributed by atoms with Gasteiger partial charge in [0.25, 0.3) is 5.91 Å². The van der Waals surface area contributed by atoms with Gasteiger partial charge in [-0.2, -0.15) is 0 Å². The van der Waals surface area contributed by atoms with E-state index in [0.717, 1.165) is 9.99 Å². The maximum absolute atomic E-state index is 12.2. The smallest absolute Gasteiger partial charge is 0.299 e. The topological polar surface area (TPSA) is 87.2 Å². The highest BCUT2D eigenvalue weighted by molar-refractivity contribution is 9.10. The van der Waals surface area contributed by atoms with E-state index >= 15 is 0 Å². The highest BCUT2D eigenvalue weighted by Crippen LogP contribution is 2.40. The van der Waals surface area contributed by atoms with Crippen molar-refractivity contribution < 1.29 is 15.0 Å². The molecule has 6 nitrogen and oxygen atoms in total. The Morgan fingerprint density at radius 2 is 2.04 bits per heavy atom. The molecular weight excluding hydrogens is 422 g/mol. The number of hydrogen-bond donors (Lipinski definition) is 2. The van der Waals surface area contributed by atoms with Crippen LogP contribution in [0.1, 0.15) is 10.4 Å². The van der Waals surface area contributed by atoms with Crippen LogP contribution >= 0.6 is 27.5 Å². The maximum Gasteiger partial charge on any atom is 0.299 e. The number of halogens is 2. The second-order valence-corrected chi connectivity index (χ2v) is 6.75. The Kier molecular flexibility index (Phi) is 5.11. The summed E-state index contributed by atoms with van der Waals surface area (Å²) in [5.74, 6) is -1.16. The van der Waals surface area contributed by atoms with E-state index in [9.17, 15) is 15.0 Å². The molecular formula is C18H13BrClN3O3.